The van der Waals surface area contributed by atoms with Crippen LogP contribution in [-0.4, -0.2) is 23.9 Å². The summed E-state index contributed by atoms with van der Waals surface area (Å²) >= 11 is 0.194. The van der Waals surface area contributed by atoms with E-state index in [0.717, 1.165) is 13.5 Å². The van der Waals surface area contributed by atoms with Crippen molar-refractivity contribution < 1.29 is 34.5 Å². The molecule has 4 heteroatoms. The molecule has 0 heterocycles. The Bertz CT molecular complexity index is 151. The van der Waals surface area contributed by atoms with E-state index >= 15 is 0 Å². The van der Waals surface area contributed by atoms with Gasteiger partial charge in [-0.2, -0.15) is 17.7 Å². The van der Waals surface area contributed by atoms with Gasteiger partial charge in [0.1, 0.15) is 0 Å². The van der Waals surface area contributed by atoms with E-state index in [0.29, 0.717) is 0 Å². The fourth-order valence-electron chi connectivity index (χ4n) is 0.710. The third kappa shape index (κ3) is 7.91. The second kappa shape index (κ2) is 13.4. The Morgan fingerprint density at radius 3 is 2.42 bits per heavy atom. The van der Waals surface area contributed by atoms with Crippen LogP contribution in [0.2, 0.25) is 0 Å². The normalized spacial score (nSPS) is 7.17. The van der Waals surface area contributed by atoms with Gasteiger partial charge in [-0.3, -0.25) is 0 Å². The Hall–Kier alpha value is -0.190. The summed E-state index contributed by atoms with van der Waals surface area (Å²) in [5, 5.41) is 15.4. The molecule has 0 aromatic heterocycles. The van der Waals surface area contributed by atoms with Crippen LogP contribution in [0.3, 0.4) is 0 Å². The van der Waals surface area contributed by atoms with Gasteiger partial charge in [-0.1, -0.05) is 0 Å². The first-order valence-corrected chi connectivity index (χ1v) is 4.69. The fraction of sp³-hybridized carbons (Fsp3) is 0.375. The van der Waals surface area contributed by atoms with Crippen molar-refractivity contribution in [2.24, 2.45) is 0 Å². The zero-order valence-electron chi connectivity index (χ0n) is 6.97. The molecule has 69 valence electrons. The van der Waals surface area contributed by atoms with Gasteiger partial charge in [0, 0.05) is 13.7 Å². The van der Waals surface area contributed by atoms with Crippen LogP contribution in [0.4, 0.5) is 0 Å². The zero-order valence-corrected chi connectivity index (χ0v) is 10.2. The SMILES string of the molecule is CO.OCCc1ccc[cH-]1.[O]=[Ta]. The first-order chi connectivity index (χ1) is 5.93. The molecule has 0 aliphatic carbocycles. The van der Waals surface area contributed by atoms with Crippen molar-refractivity contribution in [3.05, 3.63) is 29.8 Å². The van der Waals surface area contributed by atoms with E-state index in [1.807, 2.05) is 24.3 Å². The third-order valence-electron chi connectivity index (χ3n) is 1.13. The predicted octanol–water partition coefficient (Wildman–Crippen LogP) is 0.427. The topological polar surface area (TPSA) is 57.5 Å². The van der Waals surface area contributed by atoms with E-state index in [2.05, 4.69) is 0 Å². The molecule has 0 spiro atoms. The summed E-state index contributed by atoms with van der Waals surface area (Å²) in [6.45, 7) is 0.254. The summed E-state index contributed by atoms with van der Waals surface area (Å²) in [5.41, 5.74) is 1.22. The average Bonchev–Trinajstić information content (AvgIpc) is 2.65. The van der Waals surface area contributed by atoms with Gasteiger partial charge in [0.15, 0.2) is 0 Å². The van der Waals surface area contributed by atoms with Crippen molar-refractivity contribution in [2.45, 2.75) is 6.42 Å². The van der Waals surface area contributed by atoms with Crippen LogP contribution in [0, 0.1) is 0 Å². The maximum atomic E-state index is 8.44. The molecule has 0 aliphatic heterocycles. The summed E-state index contributed by atoms with van der Waals surface area (Å²) in [5.74, 6) is 0. The first-order valence-electron chi connectivity index (χ1n) is 3.38. The summed E-state index contributed by atoms with van der Waals surface area (Å²) < 4.78 is 8.36. The molecule has 2 N–H and O–H groups in total. The zero-order chi connectivity index (χ0) is 9.82. The van der Waals surface area contributed by atoms with Gasteiger partial charge < -0.3 is 10.2 Å². The van der Waals surface area contributed by atoms with Gasteiger partial charge in [-0.25, -0.2) is 12.1 Å². The summed E-state index contributed by atoms with van der Waals surface area (Å²) in [6.07, 6.45) is 0.785. The third-order valence-corrected chi connectivity index (χ3v) is 1.13. The van der Waals surface area contributed by atoms with Gasteiger partial charge in [-0.05, 0) is 6.42 Å². The van der Waals surface area contributed by atoms with Crippen LogP contribution in [0.1, 0.15) is 5.56 Å². The molecule has 0 radical (unpaired) electrons. The molecule has 1 rings (SSSR count). The van der Waals surface area contributed by atoms with E-state index in [1.165, 1.54) is 5.56 Å². The minimum atomic E-state index is 0.194. The molecule has 0 fully saturated rings. The summed E-state index contributed by atoms with van der Waals surface area (Å²) in [4.78, 5) is 0. The molecule has 3 nitrogen and oxygen atoms in total. The Kier molecular flexibility index (Phi) is 16.0. The van der Waals surface area contributed by atoms with Crippen molar-refractivity contribution in [3.63, 3.8) is 0 Å². The Labute approximate surface area is 84.7 Å². The monoisotopic (exact) mass is 338 g/mol. The van der Waals surface area contributed by atoms with Crippen molar-refractivity contribution in [1.29, 1.82) is 0 Å². The molecular weight excluding hydrogens is 325 g/mol. The van der Waals surface area contributed by atoms with Crippen LogP contribution in [-0.2, 0) is 30.7 Å². The van der Waals surface area contributed by atoms with Gasteiger partial charge in [0.05, 0.1) is 0 Å². The van der Waals surface area contributed by atoms with E-state index in [4.69, 9.17) is 13.5 Å². The van der Waals surface area contributed by atoms with Crippen LogP contribution in [0.5, 0.6) is 0 Å². The molecular formula is C8H13O3Ta-. The van der Waals surface area contributed by atoms with Gasteiger partial charge >= 0.3 is 24.3 Å². The standard InChI is InChI=1S/C7H9O.CH4O.O.Ta/c8-6-5-7-3-1-2-4-7;1-2;;/h1-4,8H,5-6H2;2H,1H3;;/q-1;;;. The van der Waals surface area contributed by atoms with Gasteiger partial charge in [0.2, 0.25) is 0 Å². The molecule has 0 saturated carbocycles. The van der Waals surface area contributed by atoms with Crippen molar-refractivity contribution >= 4 is 0 Å². The van der Waals surface area contributed by atoms with Crippen LogP contribution >= 0.6 is 0 Å². The van der Waals surface area contributed by atoms with E-state index in [-0.39, 0.29) is 27.6 Å². The average molecular weight is 338 g/mol. The van der Waals surface area contributed by atoms with Crippen LogP contribution in [0.15, 0.2) is 24.3 Å². The minimum absolute atomic E-state index is 0.194. The van der Waals surface area contributed by atoms with Crippen molar-refractivity contribution in [2.75, 3.05) is 13.7 Å². The molecule has 0 amide bonds. The van der Waals surface area contributed by atoms with E-state index < -0.39 is 0 Å². The molecule has 0 atom stereocenters. The van der Waals surface area contributed by atoms with Crippen molar-refractivity contribution in [1.82, 2.24) is 0 Å². The van der Waals surface area contributed by atoms with E-state index in [1.54, 1.807) is 0 Å². The fourth-order valence-corrected chi connectivity index (χ4v) is 0.710. The number of rotatable bonds is 2. The second-order valence-corrected chi connectivity index (χ2v) is 1.77. The first kappa shape index (κ1) is 14.3. The van der Waals surface area contributed by atoms with E-state index in [9.17, 15) is 0 Å². The number of aliphatic hydroxyl groups excluding tert-OH is 2. The Morgan fingerprint density at radius 1 is 1.50 bits per heavy atom. The van der Waals surface area contributed by atoms with Gasteiger partial charge in [0.25, 0.3) is 0 Å². The molecule has 0 bridgehead atoms. The molecule has 1 aromatic rings. The predicted molar refractivity (Wildman–Crippen MR) is 41.7 cm³/mol. The second-order valence-electron chi connectivity index (χ2n) is 1.77. The number of hydrogen-bond donors (Lipinski definition) is 2. The van der Waals surface area contributed by atoms with Crippen LogP contribution in [0.25, 0.3) is 0 Å². The van der Waals surface area contributed by atoms with Crippen molar-refractivity contribution in [3.8, 4) is 0 Å². The van der Waals surface area contributed by atoms with Gasteiger partial charge in [-0.15, -0.1) is 0 Å². The molecule has 12 heavy (non-hydrogen) atoms. The molecule has 1 aromatic carbocycles. The molecule has 0 saturated heterocycles. The maximum absolute atomic E-state index is 8.44. The Morgan fingerprint density at radius 2 is 2.08 bits per heavy atom. The molecule has 0 aliphatic rings. The number of aliphatic hydroxyl groups is 2. The Balaban J connectivity index is 0. The van der Waals surface area contributed by atoms with Crippen LogP contribution < -0.4 is 0 Å². The summed E-state index contributed by atoms with van der Waals surface area (Å²) in [6, 6.07) is 7.97. The summed E-state index contributed by atoms with van der Waals surface area (Å²) in [7, 11) is 1.00. The quantitative estimate of drug-likeness (QED) is 0.769. The number of hydrogen-bond acceptors (Lipinski definition) is 3. The molecule has 0 unspecified atom stereocenters.